The summed E-state index contributed by atoms with van der Waals surface area (Å²) in [7, 11) is 0. The first-order valence-corrected chi connectivity index (χ1v) is 8.98. The van der Waals surface area contributed by atoms with Crippen molar-refractivity contribution in [3.05, 3.63) is 23.2 Å². The van der Waals surface area contributed by atoms with Crippen LogP contribution in [0.15, 0.2) is 23.2 Å². The highest BCUT2D eigenvalue weighted by molar-refractivity contribution is 5.88. The summed E-state index contributed by atoms with van der Waals surface area (Å²) in [6.07, 6.45) is 5.52. The quantitative estimate of drug-likeness (QED) is 0.626. The zero-order chi connectivity index (χ0) is 18.6. The van der Waals surface area contributed by atoms with Crippen molar-refractivity contribution in [2.75, 3.05) is 0 Å². The largest absolute Gasteiger partial charge is 0.504 e. The van der Waals surface area contributed by atoms with Crippen LogP contribution in [0.2, 0.25) is 0 Å². The molecule has 1 aliphatic heterocycles. The first kappa shape index (κ1) is 17.9. The molecule has 0 aromatic carbocycles. The van der Waals surface area contributed by atoms with Gasteiger partial charge in [-0.05, 0) is 29.7 Å². The van der Waals surface area contributed by atoms with Crippen molar-refractivity contribution in [1.29, 1.82) is 0 Å². The molecule has 1 heterocycles. The van der Waals surface area contributed by atoms with Crippen molar-refractivity contribution in [3.63, 3.8) is 0 Å². The van der Waals surface area contributed by atoms with Crippen molar-refractivity contribution in [2.24, 2.45) is 34.5 Å². The Hall–Kier alpha value is -1.91. The van der Waals surface area contributed by atoms with Crippen molar-refractivity contribution in [3.8, 4) is 0 Å². The van der Waals surface area contributed by atoms with Crippen LogP contribution in [-0.2, 0) is 19.1 Å². The summed E-state index contributed by atoms with van der Waals surface area (Å²) in [5.41, 5.74) is -0.817. The molecule has 1 spiro atoms. The molecule has 0 aromatic heterocycles. The summed E-state index contributed by atoms with van der Waals surface area (Å²) in [6, 6.07) is 0. The molecule has 2 aliphatic carbocycles. The number of hydrogen-bond donors (Lipinski definition) is 1. The minimum absolute atomic E-state index is 0.00387. The summed E-state index contributed by atoms with van der Waals surface area (Å²) in [5.74, 6) is -2.08. The molecule has 5 nitrogen and oxygen atoms in total. The van der Waals surface area contributed by atoms with Gasteiger partial charge in [-0.1, -0.05) is 40.2 Å². The summed E-state index contributed by atoms with van der Waals surface area (Å²) in [4.78, 5) is 36.9. The molecule has 1 saturated carbocycles. The van der Waals surface area contributed by atoms with Crippen LogP contribution in [0.1, 0.15) is 47.0 Å². The number of rotatable bonds is 3. The first-order valence-electron chi connectivity index (χ1n) is 8.98. The van der Waals surface area contributed by atoms with Crippen molar-refractivity contribution >= 4 is 18.5 Å². The van der Waals surface area contributed by atoms with Crippen LogP contribution < -0.4 is 0 Å². The molecule has 0 amide bonds. The molecule has 0 aromatic rings. The molecule has 136 valence electrons. The Kier molecular flexibility index (Phi) is 4.17. The van der Waals surface area contributed by atoms with Crippen molar-refractivity contribution in [1.82, 2.24) is 0 Å². The van der Waals surface area contributed by atoms with Gasteiger partial charge in [-0.3, -0.25) is 4.79 Å². The Bertz CT molecular complexity index is 684. The van der Waals surface area contributed by atoms with E-state index in [9.17, 15) is 19.5 Å². The van der Waals surface area contributed by atoms with E-state index in [0.717, 1.165) is 25.4 Å². The maximum atomic E-state index is 13.0. The average molecular weight is 346 g/mol. The maximum Gasteiger partial charge on any atom is 0.318 e. The minimum atomic E-state index is -1.07. The van der Waals surface area contributed by atoms with E-state index >= 15 is 0 Å². The lowest BCUT2D eigenvalue weighted by Crippen LogP contribution is -2.52. The normalized spacial score (nSPS) is 36.9. The molecule has 2 fully saturated rings. The van der Waals surface area contributed by atoms with Crippen LogP contribution in [-0.4, -0.2) is 23.6 Å². The molecule has 25 heavy (non-hydrogen) atoms. The molecule has 0 bridgehead atoms. The third-order valence-electron chi connectivity index (χ3n) is 6.41. The molecule has 4 atom stereocenters. The van der Waals surface area contributed by atoms with Gasteiger partial charge in [0.2, 0.25) is 0 Å². The van der Waals surface area contributed by atoms with E-state index < -0.39 is 29.1 Å². The highest BCUT2D eigenvalue weighted by Crippen LogP contribution is 2.62. The molecule has 1 N–H and O–H groups in total. The van der Waals surface area contributed by atoms with E-state index in [0.29, 0.717) is 12.0 Å². The predicted octanol–water partition coefficient (Wildman–Crippen LogP) is 3.35. The molecule has 3 aliphatic rings. The number of esters is 1. The molecule has 3 rings (SSSR count). The number of hydrogen-bond acceptors (Lipinski definition) is 5. The van der Waals surface area contributed by atoms with E-state index in [2.05, 4.69) is 0 Å². The van der Waals surface area contributed by atoms with Gasteiger partial charge >= 0.3 is 5.97 Å². The van der Waals surface area contributed by atoms with Crippen LogP contribution in [0.4, 0.5) is 0 Å². The predicted molar refractivity (Wildman–Crippen MR) is 91.3 cm³/mol. The molecule has 0 unspecified atom stereocenters. The third kappa shape index (κ3) is 2.31. The van der Waals surface area contributed by atoms with Crippen LogP contribution in [0.5, 0.6) is 0 Å². The number of allylic oxidation sites excluding steroid dienone is 3. The summed E-state index contributed by atoms with van der Waals surface area (Å²) in [5, 5.41) is 10.7. The molecular formula is C20H26O5. The van der Waals surface area contributed by atoms with E-state index in [1.807, 2.05) is 27.7 Å². The number of aldehydes is 2. The minimum Gasteiger partial charge on any atom is -0.504 e. The highest BCUT2D eigenvalue weighted by Gasteiger charge is 2.66. The fourth-order valence-corrected chi connectivity index (χ4v) is 5.17. The number of aliphatic hydroxyl groups is 1. The van der Waals surface area contributed by atoms with Crippen LogP contribution in [0, 0.1) is 34.5 Å². The standard InChI is InChI=1S/C20H26O5/c1-11(2)13-8-12(9-21)15-17(16(13)23)25-18(24)20(15)7-5-6-19(3,4)14(20)10-22/h8-12,14-15,23H,5-7H2,1-4H3/t12-,14-,15-,20+/m0/s1. The van der Waals surface area contributed by atoms with Gasteiger partial charge in [0.05, 0.1) is 11.3 Å². The number of ether oxygens (including phenoxy) is 1. The number of aliphatic hydroxyl groups excluding tert-OH is 1. The van der Waals surface area contributed by atoms with E-state index in [1.165, 1.54) is 0 Å². The van der Waals surface area contributed by atoms with Gasteiger partial charge in [-0.2, -0.15) is 0 Å². The molecule has 1 saturated heterocycles. The van der Waals surface area contributed by atoms with E-state index in [-0.39, 0.29) is 22.9 Å². The van der Waals surface area contributed by atoms with Crippen LogP contribution >= 0.6 is 0 Å². The molecule has 5 heteroatoms. The second kappa shape index (κ2) is 5.82. The van der Waals surface area contributed by atoms with Gasteiger partial charge < -0.3 is 19.4 Å². The molecule has 0 radical (unpaired) electrons. The van der Waals surface area contributed by atoms with Crippen LogP contribution in [0.3, 0.4) is 0 Å². The van der Waals surface area contributed by atoms with E-state index in [1.54, 1.807) is 6.08 Å². The van der Waals surface area contributed by atoms with Gasteiger partial charge in [-0.15, -0.1) is 0 Å². The Morgan fingerprint density at radius 3 is 2.48 bits per heavy atom. The van der Waals surface area contributed by atoms with Crippen molar-refractivity contribution < 1.29 is 24.2 Å². The second-order valence-corrected chi connectivity index (χ2v) is 8.57. The first-order chi connectivity index (χ1) is 11.7. The van der Waals surface area contributed by atoms with Gasteiger partial charge in [-0.25, -0.2) is 0 Å². The summed E-state index contributed by atoms with van der Waals surface area (Å²) >= 11 is 0. The topological polar surface area (TPSA) is 80.7 Å². The fourth-order valence-electron chi connectivity index (χ4n) is 5.17. The lowest BCUT2D eigenvalue weighted by Gasteiger charge is -2.49. The Morgan fingerprint density at radius 1 is 1.24 bits per heavy atom. The number of fused-ring (bicyclic) bond motifs is 2. The lowest BCUT2D eigenvalue weighted by atomic mass is 9.50. The van der Waals surface area contributed by atoms with Crippen LogP contribution in [0.25, 0.3) is 0 Å². The van der Waals surface area contributed by atoms with E-state index in [4.69, 9.17) is 4.74 Å². The summed E-state index contributed by atoms with van der Waals surface area (Å²) < 4.78 is 5.54. The highest BCUT2D eigenvalue weighted by atomic mass is 16.6. The van der Waals surface area contributed by atoms with Crippen molar-refractivity contribution in [2.45, 2.75) is 47.0 Å². The maximum absolute atomic E-state index is 13.0. The third-order valence-corrected chi connectivity index (χ3v) is 6.41. The van der Waals surface area contributed by atoms with Gasteiger partial charge in [0.1, 0.15) is 12.6 Å². The smallest absolute Gasteiger partial charge is 0.318 e. The number of carbonyl (C=O) groups excluding carboxylic acids is 3. The SMILES string of the molecule is CC(C)C1=C[C@@H](C=O)[C@H]2C(=C1O)OC(=O)[C@@]21CCCC(C)(C)[C@@H]1C=O. The Balaban J connectivity index is 2.20. The zero-order valence-corrected chi connectivity index (χ0v) is 15.2. The second-order valence-electron chi connectivity index (χ2n) is 8.57. The zero-order valence-electron chi connectivity index (χ0n) is 15.2. The Morgan fingerprint density at radius 2 is 1.92 bits per heavy atom. The Labute approximate surface area is 148 Å². The fraction of sp³-hybridized carbons (Fsp3) is 0.650. The summed E-state index contributed by atoms with van der Waals surface area (Å²) in [6.45, 7) is 7.79. The average Bonchev–Trinajstić information content (AvgIpc) is 2.81. The van der Waals surface area contributed by atoms with Gasteiger partial charge in [0, 0.05) is 11.8 Å². The monoisotopic (exact) mass is 346 g/mol. The lowest BCUT2D eigenvalue weighted by molar-refractivity contribution is -0.159. The number of carbonyl (C=O) groups is 3. The van der Waals surface area contributed by atoms with Gasteiger partial charge in [0.15, 0.2) is 11.5 Å². The van der Waals surface area contributed by atoms with Gasteiger partial charge in [0.25, 0.3) is 0 Å². The molecular weight excluding hydrogens is 320 g/mol.